The van der Waals surface area contributed by atoms with Crippen molar-refractivity contribution < 1.29 is 14.3 Å². The number of carboxylic acids is 1. The Bertz CT molecular complexity index is 425. The Labute approximate surface area is 105 Å². The van der Waals surface area contributed by atoms with Crippen LogP contribution < -0.4 is 0 Å². The molecule has 2 rings (SSSR count). The highest BCUT2D eigenvalue weighted by Crippen LogP contribution is 2.21. The number of nitrogens with zero attached hydrogens (tertiary/aromatic N) is 2. The third kappa shape index (κ3) is 3.77. The van der Waals surface area contributed by atoms with Crippen LogP contribution in [0.2, 0.25) is 0 Å². The molecule has 1 aromatic rings. The molecule has 1 aliphatic heterocycles. The zero-order chi connectivity index (χ0) is 13.0. The fraction of sp³-hybridized carbons (Fsp3) is 0.538. The smallest absolute Gasteiger partial charge is 0.303 e. The highest BCUT2D eigenvalue weighted by molar-refractivity contribution is 5.67. The average molecular weight is 252 g/mol. The molecule has 5 heteroatoms. The van der Waals surface area contributed by atoms with Gasteiger partial charge in [-0.1, -0.05) is 0 Å². The zero-order valence-electron chi connectivity index (χ0n) is 10.2. The lowest BCUT2D eigenvalue weighted by Crippen LogP contribution is -2.35. The summed E-state index contributed by atoms with van der Waals surface area (Å²) in [7, 11) is 0. The molecule has 1 aliphatic rings. The molecule has 0 radical (unpaired) electrons. The maximum Gasteiger partial charge on any atom is 0.303 e. The maximum absolute atomic E-state index is 13.0. The van der Waals surface area contributed by atoms with Crippen LogP contribution in [0.3, 0.4) is 0 Å². The van der Waals surface area contributed by atoms with Crippen LogP contribution in [0, 0.1) is 11.7 Å². The molecule has 1 aromatic heterocycles. The molecule has 4 nitrogen and oxygen atoms in total. The van der Waals surface area contributed by atoms with Gasteiger partial charge in [-0.2, -0.15) is 0 Å². The van der Waals surface area contributed by atoms with Crippen LogP contribution in [-0.4, -0.2) is 34.0 Å². The largest absolute Gasteiger partial charge is 0.481 e. The molecule has 1 fully saturated rings. The molecule has 0 spiro atoms. The van der Waals surface area contributed by atoms with Gasteiger partial charge in [-0.25, -0.2) is 4.39 Å². The monoisotopic (exact) mass is 252 g/mol. The van der Waals surface area contributed by atoms with Gasteiger partial charge >= 0.3 is 5.97 Å². The van der Waals surface area contributed by atoms with Gasteiger partial charge in [0.1, 0.15) is 5.82 Å². The van der Waals surface area contributed by atoms with Gasteiger partial charge in [-0.05, 0) is 36.9 Å². The van der Waals surface area contributed by atoms with Crippen LogP contribution in [0.15, 0.2) is 18.5 Å². The van der Waals surface area contributed by atoms with Crippen molar-refractivity contribution >= 4 is 5.97 Å². The second-order valence-corrected chi connectivity index (χ2v) is 4.85. The highest BCUT2D eigenvalue weighted by Gasteiger charge is 2.22. The van der Waals surface area contributed by atoms with Gasteiger partial charge in [0.15, 0.2) is 0 Å². The predicted octanol–water partition coefficient (Wildman–Crippen LogP) is 1.91. The van der Waals surface area contributed by atoms with E-state index in [1.165, 1.54) is 12.3 Å². The van der Waals surface area contributed by atoms with E-state index in [4.69, 9.17) is 5.11 Å². The Hall–Kier alpha value is -1.49. The summed E-state index contributed by atoms with van der Waals surface area (Å²) >= 11 is 0. The fourth-order valence-corrected chi connectivity index (χ4v) is 2.51. The van der Waals surface area contributed by atoms with Gasteiger partial charge in [0.25, 0.3) is 0 Å². The molecule has 0 aliphatic carbocycles. The van der Waals surface area contributed by atoms with E-state index in [2.05, 4.69) is 9.88 Å². The molecule has 0 saturated carbocycles. The first kappa shape index (κ1) is 13.0. The van der Waals surface area contributed by atoms with Gasteiger partial charge in [-0.3, -0.25) is 14.7 Å². The van der Waals surface area contributed by atoms with Gasteiger partial charge < -0.3 is 5.11 Å². The van der Waals surface area contributed by atoms with Gasteiger partial charge in [0, 0.05) is 25.7 Å². The van der Waals surface area contributed by atoms with E-state index in [9.17, 15) is 9.18 Å². The number of carbonyl (C=O) groups is 1. The highest BCUT2D eigenvalue weighted by atomic mass is 19.1. The molecule has 98 valence electrons. The number of piperidine rings is 1. The summed E-state index contributed by atoms with van der Waals surface area (Å²) in [6.45, 7) is 2.34. The lowest BCUT2D eigenvalue weighted by Gasteiger charge is -2.31. The van der Waals surface area contributed by atoms with E-state index >= 15 is 0 Å². The Morgan fingerprint density at radius 2 is 2.39 bits per heavy atom. The first-order valence-corrected chi connectivity index (χ1v) is 6.17. The molecule has 0 amide bonds. The van der Waals surface area contributed by atoms with Crippen LogP contribution in [0.25, 0.3) is 0 Å². The molecule has 1 atom stereocenters. The second kappa shape index (κ2) is 5.91. The first-order valence-electron chi connectivity index (χ1n) is 6.17. The van der Waals surface area contributed by atoms with Crippen molar-refractivity contribution in [1.82, 2.24) is 9.88 Å². The normalized spacial score (nSPS) is 20.8. The Balaban J connectivity index is 1.91. The van der Waals surface area contributed by atoms with E-state index in [0.717, 1.165) is 31.5 Å². The van der Waals surface area contributed by atoms with Crippen LogP contribution in [0.4, 0.5) is 4.39 Å². The minimum absolute atomic E-state index is 0.206. The topological polar surface area (TPSA) is 53.4 Å². The summed E-state index contributed by atoms with van der Waals surface area (Å²) in [6.07, 6.45) is 5.03. The quantitative estimate of drug-likeness (QED) is 0.889. The molecule has 18 heavy (non-hydrogen) atoms. The lowest BCUT2D eigenvalue weighted by molar-refractivity contribution is -0.138. The third-order valence-corrected chi connectivity index (χ3v) is 3.23. The molecule has 2 heterocycles. The number of hydrogen-bond donors (Lipinski definition) is 1. The molecule has 0 aromatic carbocycles. The third-order valence-electron chi connectivity index (χ3n) is 3.23. The zero-order valence-corrected chi connectivity index (χ0v) is 10.2. The summed E-state index contributed by atoms with van der Waals surface area (Å²) in [5.41, 5.74) is 0.839. The van der Waals surface area contributed by atoms with Crippen molar-refractivity contribution in [3.63, 3.8) is 0 Å². The average Bonchev–Trinajstić information content (AvgIpc) is 2.28. The molecule has 0 bridgehead atoms. The Morgan fingerprint density at radius 1 is 1.56 bits per heavy atom. The van der Waals surface area contributed by atoms with E-state index in [-0.39, 0.29) is 18.2 Å². The number of hydrogen-bond acceptors (Lipinski definition) is 3. The van der Waals surface area contributed by atoms with Crippen LogP contribution in [0.1, 0.15) is 24.8 Å². The summed E-state index contributed by atoms with van der Waals surface area (Å²) in [5.74, 6) is -0.862. The van der Waals surface area contributed by atoms with Gasteiger partial charge in [0.2, 0.25) is 0 Å². The molecule has 1 N–H and O–H groups in total. The number of aliphatic carboxylic acids is 1. The number of pyridine rings is 1. The van der Waals surface area contributed by atoms with Crippen molar-refractivity contribution in [2.75, 3.05) is 13.1 Å². The second-order valence-electron chi connectivity index (χ2n) is 4.85. The molecule has 1 saturated heterocycles. The van der Waals surface area contributed by atoms with E-state index < -0.39 is 5.97 Å². The number of aromatic nitrogens is 1. The van der Waals surface area contributed by atoms with Crippen LogP contribution >= 0.6 is 0 Å². The van der Waals surface area contributed by atoms with Crippen molar-refractivity contribution in [2.45, 2.75) is 25.8 Å². The summed E-state index contributed by atoms with van der Waals surface area (Å²) in [6, 6.07) is 1.48. The van der Waals surface area contributed by atoms with Crippen molar-refractivity contribution in [3.05, 3.63) is 29.8 Å². The molecular formula is C13H17FN2O2. The van der Waals surface area contributed by atoms with Gasteiger partial charge in [0.05, 0.1) is 6.20 Å². The van der Waals surface area contributed by atoms with Crippen molar-refractivity contribution in [2.24, 2.45) is 5.92 Å². The number of rotatable bonds is 4. The van der Waals surface area contributed by atoms with Crippen LogP contribution in [-0.2, 0) is 11.3 Å². The summed E-state index contributed by atoms with van der Waals surface area (Å²) in [4.78, 5) is 16.7. The summed E-state index contributed by atoms with van der Waals surface area (Å²) in [5, 5.41) is 8.80. The van der Waals surface area contributed by atoms with E-state index in [1.54, 1.807) is 6.20 Å². The standard InChI is InChI=1S/C13H17FN2O2/c14-12-4-11(6-15-7-12)9-16-3-1-2-10(8-16)5-13(17)18/h4,6-7,10H,1-3,5,8-9H2,(H,17,18). The SMILES string of the molecule is O=C(O)CC1CCCN(Cc2cncc(F)c2)C1. The minimum atomic E-state index is -0.741. The van der Waals surface area contributed by atoms with Crippen molar-refractivity contribution in [3.8, 4) is 0 Å². The van der Waals surface area contributed by atoms with E-state index in [1.807, 2.05) is 0 Å². The maximum atomic E-state index is 13.0. The van der Waals surface area contributed by atoms with Crippen LogP contribution in [0.5, 0.6) is 0 Å². The first-order chi connectivity index (χ1) is 8.63. The van der Waals surface area contributed by atoms with Crippen molar-refractivity contribution in [1.29, 1.82) is 0 Å². The minimum Gasteiger partial charge on any atom is -0.481 e. The molecular weight excluding hydrogens is 235 g/mol. The Morgan fingerprint density at radius 3 is 3.11 bits per heavy atom. The number of halogens is 1. The number of carboxylic acid groups (broad SMARTS) is 1. The summed E-state index contributed by atoms with van der Waals surface area (Å²) < 4.78 is 13.0. The van der Waals surface area contributed by atoms with Gasteiger partial charge in [-0.15, -0.1) is 0 Å². The lowest BCUT2D eigenvalue weighted by atomic mass is 9.94. The predicted molar refractivity (Wildman–Crippen MR) is 64.4 cm³/mol. The fourth-order valence-electron chi connectivity index (χ4n) is 2.51. The Kier molecular flexibility index (Phi) is 4.25. The van der Waals surface area contributed by atoms with E-state index in [0.29, 0.717) is 6.54 Å². The molecule has 1 unspecified atom stereocenters. The number of likely N-dealkylation sites (tertiary alicyclic amines) is 1.